The van der Waals surface area contributed by atoms with E-state index in [9.17, 15) is 9.90 Å². The third kappa shape index (κ3) is 3.25. The summed E-state index contributed by atoms with van der Waals surface area (Å²) in [6.45, 7) is 0.123. The highest BCUT2D eigenvalue weighted by atomic mass is 35.5. The second-order valence-corrected chi connectivity index (χ2v) is 5.25. The lowest BCUT2D eigenvalue weighted by Crippen LogP contribution is -2.28. The first-order chi connectivity index (χ1) is 8.66. The summed E-state index contributed by atoms with van der Waals surface area (Å²) in [5.41, 5.74) is 0.404. The zero-order chi connectivity index (χ0) is 13.0. The van der Waals surface area contributed by atoms with Crippen LogP contribution in [0.5, 0.6) is 0 Å². The van der Waals surface area contributed by atoms with E-state index in [0.29, 0.717) is 14.8 Å². The normalized spacial score (nSPS) is 12.1. The van der Waals surface area contributed by atoms with Gasteiger partial charge in [-0.25, -0.2) is 0 Å². The zero-order valence-electron chi connectivity index (χ0n) is 9.21. The molecule has 2 N–H and O–H groups in total. The number of carbonyl (C=O) groups is 1. The first-order valence-corrected chi connectivity index (χ1v) is 6.34. The smallest absolute Gasteiger partial charge is 0.253 e. The Morgan fingerprint density at radius 3 is 2.89 bits per heavy atom. The molecule has 0 spiro atoms. The quantitative estimate of drug-likeness (QED) is 0.895. The largest absolute Gasteiger partial charge is 0.386 e. The monoisotopic (exact) mass is 283 g/mol. The Morgan fingerprint density at radius 1 is 1.44 bits per heavy atom. The average molecular weight is 284 g/mol. The van der Waals surface area contributed by atoms with Gasteiger partial charge in [-0.3, -0.25) is 4.79 Å². The van der Waals surface area contributed by atoms with Gasteiger partial charge in [0.05, 0.1) is 22.3 Å². The molecule has 5 nitrogen and oxygen atoms in total. The van der Waals surface area contributed by atoms with Gasteiger partial charge in [-0.15, -0.1) is 11.3 Å². The van der Waals surface area contributed by atoms with Crippen molar-refractivity contribution in [3.05, 3.63) is 45.4 Å². The number of halogens is 1. The minimum absolute atomic E-state index is 0.123. The van der Waals surface area contributed by atoms with Gasteiger partial charge >= 0.3 is 0 Å². The number of nitrogens with one attached hydrogen (secondary N) is 1. The number of rotatable bonds is 4. The topological polar surface area (TPSA) is 75.1 Å². The van der Waals surface area contributed by atoms with Crippen molar-refractivity contribution in [2.24, 2.45) is 0 Å². The minimum Gasteiger partial charge on any atom is -0.386 e. The van der Waals surface area contributed by atoms with Gasteiger partial charge in [0, 0.05) is 11.4 Å². The number of amides is 1. The van der Waals surface area contributed by atoms with Crippen molar-refractivity contribution in [1.82, 2.24) is 15.5 Å². The second-order valence-electron chi connectivity index (χ2n) is 3.50. The molecule has 2 heterocycles. The van der Waals surface area contributed by atoms with Crippen LogP contribution in [0.4, 0.5) is 0 Å². The molecule has 7 heteroatoms. The number of carbonyl (C=O) groups excluding carboxylic acids is 1. The number of hydrogen-bond acceptors (Lipinski definition) is 5. The van der Waals surface area contributed by atoms with Crippen LogP contribution in [0.15, 0.2) is 30.6 Å². The molecule has 0 aliphatic carbocycles. The summed E-state index contributed by atoms with van der Waals surface area (Å²) in [6.07, 6.45) is 2.04. The third-order valence-corrected chi connectivity index (χ3v) is 3.56. The van der Waals surface area contributed by atoms with Crippen molar-refractivity contribution in [1.29, 1.82) is 0 Å². The predicted molar refractivity (Wildman–Crippen MR) is 68.7 cm³/mol. The maximum absolute atomic E-state index is 11.7. The number of aliphatic hydroxyl groups excluding tert-OH is 1. The minimum atomic E-state index is -0.763. The lowest BCUT2D eigenvalue weighted by Gasteiger charge is -2.09. The molecule has 0 aliphatic rings. The second kappa shape index (κ2) is 5.90. The molecule has 0 saturated heterocycles. The van der Waals surface area contributed by atoms with E-state index in [0.717, 1.165) is 0 Å². The molecule has 2 rings (SSSR count). The highest BCUT2D eigenvalue weighted by molar-refractivity contribution is 7.16. The van der Waals surface area contributed by atoms with Crippen LogP contribution in [-0.4, -0.2) is 27.8 Å². The van der Waals surface area contributed by atoms with Crippen molar-refractivity contribution in [3.63, 3.8) is 0 Å². The summed E-state index contributed by atoms with van der Waals surface area (Å²) >= 11 is 7.05. The maximum atomic E-state index is 11.7. The van der Waals surface area contributed by atoms with Crippen LogP contribution in [0.1, 0.15) is 21.3 Å². The summed E-state index contributed by atoms with van der Waals surface area (Å²) in [5, 5.41) is 19.6. The Bertz CT molecular complexity index is 532. The molecule has 0 fully saturated rings. The van der Waals surface area contributed by atoms with Crippen molar-refractivity contribution >= 4 is 28.8 Å². The van der Waals surface area contributed by atoms with E-state index in [1.807, 2.05) is 0 Å². The van der Waals surface area contributed by atoms with Crippen LogP contribution in [0.25, 0.3) is 0 Å². The Hall–Kier alpha value is -1.50. The Balaban J connectivity index is 1.90. The molecule has 1 amide bonds. The summed E-state index contributed by atoms with van der Waals surface area (Å²) < 4.78 is 0.605. The van der Waals surface area contributed by atoms with Gasteiger partial charge in [-0.05, 0) is 18.2 Å². The third-order valence-electron chi connectivity index (χ3n) is 2.22. The maximum Gasteiger partial charge on any atom is 0.253 e. The van der Waals surface area contributed by atoms with Crippen molar-refractivity contribution in [2.75, 3.05) is 6.54 Å². The fourth-order valence-corrected chi connectivity index (χ4v) is 2.37. The van der Waals surface area contributed by atoms with E-state index in [1.54, 1.807) is 18.2 Å². The van der Waals surface area contributed by atoms with Gasteiger partial charge in [0.1, 0.15) is 6.10 Å². The van der Waals surface area contributed by atoms with Crippen LogP contribution < -0.4 is 5.32 Å². The van der Waals surface area contributed by atoms with Crippen LogP contribution in [0.2, 0.25) is 4.34 Å². The van der Waals surface area contributed by atoms with Gasteiger partial charge in [0.25, 0.3) is 5.91 Å². The molecule has 2 aromatic heterocycles. The van der Waals surface area contributed by atoms with E-state index in [-0.39, 0.29) is 12.5 Å². The van der Waals surface area contributed by atoms with E-state index in [2.05, 4.69) is 15.5 Å². The molecule has 0 bridgehead atoms. The molecule has 1 unspecified atom stereocenters. The van der Waals surface area contributed by atoms with Crippen molar-refractivity contribution < 1.29 is 9.90 Å². The fourth-order valence-electron chi connectivity index (χ4n) is 1.32. The van der Waals surface area contributed by atoms with Gasteiger partial charge in [0.15, 0.2) is 0 Å². The lowest BCUT2D eigenvalue weighted by molar-refractivity contribution is 0.0917. The Kier molecular flexibility index (Phi) is 4.24. The van der Waals surface area contributed by atoms with Gasteiger partial charge in [-0.1, -0.05) is 11.6 Å². The van der Waals surface area contributed by atoms with E-state index >= 15 is 0 Å². The molecule has 18 heavy (non-hydrogen) atoms. The summed E-state index contributed by atoms with van der Waals surface area (Å²) in [7, 11) is 0. The highest BCUT2D eigenvalue weighted by Crippen LogP contribution is 2.26. The highest BCUT2D eigenvalue weighted by Gasteiger charge is 2.12. The van der Waals surface area contributed by atoms with Gasteiger partial charge in [0.2, 0.25) is 0 Å². The molecule has 0 radical (unpaired) electrons. The summed E-state index contributed by atoms with van der Waals surface area (Å²) in [4.78, 5) is 12.4. The van der Waals surface area contributed by atoms with Crippen LogP contribution in [0, 0.1) is 0 Å². The number of hydrogen-bond donors (Lipinski definition) is 2. The first-order valence-electron chi connectivity index (χ1n) is 5.15. The van der Waals surface area contributed by atoms with Crippen molar-refractivity contribution in [3.8, 4) is 0 Å². The van der Waals surface area contributed by atoms with Crippen molar-refractivity contribution in [2.45, 2.75) is 6.10 Å². The molecule has 1 atom stereocenters. The van der Waals surface area contributed by atoms with E-state index < -0.39 is 6.10 Å². The molecule has 0 saturated carbocycles. The molecule has 0 aromatic carbocycles. The van der Waals surface area contributed by atoms with Gasteiger partial charge < -0.3 is 10.4 Å². The molecular weight excluding hydrogens is 274 g/mol. The molecule has 94 valence electrons. The summed E-state index contributed by atoms with van der Waals surface area (Å²) in [5.74, 6) is -0.299. The average Bonchev–Trinajstić information content (AvgIpc) is 2.83. The number of thiophene rings is 1. The number of aliphatic hydroxyl groups is 1. The van der Waals surface area contributed by atoms with E-state index in [4.69, 9.17) is 11.6 Å². The molecular formula is C11H10ClN3O2S. The first kappa shape index (κ1) is 12.9. The Morgan fingerprint density at radius 2 is 2.28 bits per heavy atom. The van der Waals surface area contributed by atoms with E-state index in [1.165, 1.54) is 23.7 Å². The lowest BCUT2D eigenvalue weighted by atomic mass is 10.2. The van der Waals surface area contributed by atoms with Crippen LogP contribution in [-0.2, 0) is 0 Å². The standard InChI is InChI=1S/C11H10ClN3O2S/c12-10-2-1-9(18-10)8(16)6-13-11(17)7-3-4-14-15-5-7/h1-5,8,16H,6H2,(H,13,17). The number of nitrogens with zero attached hydrogens (tertiary/aromatic N) is 2. The molecule has 2 aromatic rings. The Labute approximate surface area is 112 Å². The van der Waals surface area contributed by atoms with Crippen LogP contribution in [0.3, 0.4) is 0 Å². The predicted octanol–water partition coefficient (Wildman–Crippen LogP) is 1.65. The van der Waals surface area contributed by atoms with Crippen LogP contribution >= 0.6 is 22.9 Å². The summed E-state index contributed by atoms with van der Waals surface area (Å²) in [6, 6.07) is 4.99. The SMILES string of the molecule is O=C(NCC(O)c1ccc(Cl)s1)c1ccnnc1. The fraction of sp³-hybridized carbons (Fsp3) is 0.182. The number of aromatic nitrogens is 2. The molecule has 0 aliphatic heterocycles. The van der Waals surface area contributed by atoms with Gasteiger partial charge in [-0.2, -0.15) is 10.2 Å². The zero-order valence-corrected chi connectivity index (χ0v) is 10.8.